The summed E-state index contributed by atoms with van der Waals surface area (Å²) in [5, 5.41) is 22.1. The van der Waals surface area contributed by atoms with Crippen LogP contribution in [-0.4, -0.2) is 49.7 Å². The van der Waals surface area contributed by atoms with Gasteiger partial charge in [0.15, 0.2) is 0 Å². The van der Waals surface area contributed by atoms with Gasteiger partial charge in [-0.15, -0.1) is 11.3 Å². The van der Waals surface area contributed by atoms with Crippen LogP contribution in [0.2, 0.25) is 0 Å². The Bertz CT molecular complexity index is 1290. The van der Waals surface area contributed by atoms with Gasteiger partial charge in [-0.25, -0.2) is 14.8 Å². The summed E-state index contributed by atoms with van der Waals surface area (Å²) >= 11 is 1.58. The lowest BCUT2D eigenvalue weighted by atomic mass is 10.1. The fourth-order valence-electron chi connectivity index (χ4n) is 3.76. The van der Waals surface area contributed by atoms with Gasteiger partial charge >= 0.3 is 5.97 Å². The van der Waals surface area contributed by atoms with Crippen LogP contribution < -0.4 is 10.5 Å². The number of anilines is 1. The Morgan fingerprint density at radius 1 is 1.27 bits per heavy atom. The third-order valence-electron chi connectivity index (χ3n) is 5.51. The first kappa shape index (κ1) is 22.9. The second-order valence-electron chi connectivity index (χ2n) is 8.35. The molecular formula is C24H26N4O4S. The third-order valence-corrected chi connectivity index (χ3v) is 6.34. The number of carboxylic acid groups (broad SMARTS) is 1. The Kier molecular flexibility index (Phi) is 6.71. The molecule has 33 heavy (non-hydrogen) atoms. The summed E-state index contributed by atoms with van der Waals surface area (Å²) in [6, 6.07) is 3.61. The van der Waals surface area contributed by atoms with Crippen LogP contribution in [0.3, 0.4) is 0 Å². The predicted molar refractivity (Wildman–Crippen MR) is 131 cm³/mol. The first-order chi connectivity index (χ1) is 15.8. The van der Waals surface area contributed by atoms with Gasteiger partial charge < -0.3 is 15.1 Å². The molecule has 3 aromatic heterocycles. The van der Waals surface area contributed by atoms with E-state index in [-0.39, 0.29) is 11.1 Å². The van der Waals surface area contributed by atoms with Crippen molar-refractivity contribution in [3.8, 4) is 0 Å². The number of aromatic nitrogens is 3. The molecule has 1 atom stereocenters. The molecule has 9 heteroatoms. The van der Waals surface area contributed by atoms with E-state index in [1.165, 1.54) is 10.5 Å². The van der Waals surface area contributed by atoms with Crippen LogP contribution >= 0.6 is 11.3 Å². The molecule has 3 aromatic rings. The Balaban J connectivity index is 1.75. The van der Waals surface area contributed by atoms with Crippen LogP contribution in [0.15, 0.2) is 34.6 Å². The standard InChI is InChI=1S/C24H26N4O4S/c1-15(2)19-14-33-21(25-19)7-5-16-9-11-28-20(12-16)26-23(27-10-3-4-17(29)13-27)18(24(28)32)6-8-22(30)31/h5-9,11-12,14-15,17,29H,3-4,10,13H2,1-2H3,(H,30,31)/b7-5+,8-6+/t17-/m0/s1. The van der Waals surface area contributed by atoms with Gasteiger partial charge in [-0.1, -0.05) is 19.9 Å². The molecule has 0 aliphatic carbocycles. The Labute approximate surface area is 195 Å². The molecular weight excluding hydrogens is 440 g/mol. The van der Waals surface area contributed by atoms with Crippen LogP contribution in [0.1, 0.15) is 54.4 Å². The molecule has 1 saturated heterocycles. The zero-order valence-electron chi connectivity index (χ0n) is 18.5. The van der Waals surface area contributed by atoms with Crippen molar-refractivity contribution in [1.82, 2.24) is 14.4 Å². The van der Waals surface area contributed by atoms with Gasteiger partial charge in [0.2, 0.25) is 0 Å². The molecule has 1 aliphatic heterocycles. The first-order valence-corrected chi connectivity index (χ1v) is 11.7. The smallest absolute Gasteiger partial charge is 0.328 e. The van der Waals surface area contributed by atoms with E-state index in [1.807, 2.05) is 23.1 Å². The van der Waals surface area contributed by atoms with Gasteiger partial charge in [0.05, 0.1) is 17.4 Å². The third kappa shape index (κ3) is 5.20. The fourth-order valence-corrected chi connectivity index (χ4v) is 4.63. The number of piperidine rings is 1. The number of fused-ring (bicyclic) bond motifs is 1. The summed E-state index contributed by atoms with van der Waals surface area (Å²) in [5.74, 6) is -0.387. The van der Waals surface area contributed by atoms with Gasteiger partial charge in [-0.3, -0.25) is 9.20 Å². The van der Waals surface area contributed by atoms with Crippen molar-refractivity contribution < 1.29 is 15.0 Å². The Hall–Kier alpha value is -3.30. The van der Waals surface area contributed by atoms with Crippen molar-refractivity contribution in [1.29, 1.82) is 0 Å². The van der Waals surface area contributed by atoms with Crippen LogP contribution in [0, 0.1) is 0 Å². The van der Waals surface area contributed by atoms with Crippen molar-refractivity contribution >= 4 is 47.0 Å². The lowest BCUT2D eigenvalue weighted by Gasteiger charge is -2.32. The van der Waals surface area contributed by atoms with Crippen LogP contribution in [0.5, 0.6) is 0 Å². The van der Waals surface area contributed by atoms with Crippen molar-refractivity contribution in [2.45, 2.75) is 38.7 Å². The average molecular weight is 467 g/mol. The normalized spacial score (nSPS) is 17.1. The van der Waals surface area contributed by atoms with E-state index >= 15 is 0 Å². The monoisotopic (exact) mass is 466 g/mol. The second-order valence-corrected chi connectivity index (χ2v) is 9.24. The minimum Gasteiger partial charge on any atom is -0.478 e. The number of β-amino-alcohol motifs (C(OH)–C–C–N with tert-alkyl or cyclic N) is 1. The van der Waals surface area contributed by atoms with E-state index in [1.54, 1.807) is 23.6 Å². The highest BCUT2D eigenvalue weighted by Gasteiger charge is 2.23. The molecule has 0 bridgehead atoms. The molecule has 1 fully saturated rings. The van der Waals surface area contributed by atoms with E-state index < -0.39 is 12.1 Å². The first-order valence-electron chi connectivity index (χ1n) is 10.9. The Morgan fingerprint density at radius 3 is 2.79 bits per heavy atom. The van der Waals surface area contributed by atoms with Crippen LogP contribution in [0.4, 0.5) is 5.82 Å². The van der Waals surface area contributed by atoms with Crippen LogP contribution in [0.25, 0.3) is 23.9 Å². The van der Waals surface area contributed by atoms with Crippen molar-refractivity contribution in [3.63, 3.8) is 0 Å². The quantitative estimate of drug-likeness (QED) is 0.535. The number of hydrogen-bond acceptors (Lipinski definition) is 7. The maximum absolute atomic E-state index is 13.2. The molecule has 0 saturated carbocycles. The number of aliphatic hydroxyl groups is 1. The average Bonchev–Trinajstić information content (AvgIpc) is 3.26. The van der Waals surface area contributed by atoms with Gasteiger partial charge in [-0.2, -0.15) is 0 Å². The number of carboxylic acids is 1. The number of aliphatic hydroxyl groups excluding tert-OH is 1. The van der Waals surface area contributed by atoms with Crippen molar-refractivity contribution in [3.05, 3.63) is 62.0 Å². The SMILES string of the molecule is CC(C)c1csc(/C=C/c2ccn3c(=O)c(/C=C/C(=O)O)c(N4CCC[C@H](O)C4)nc3c2)n1. The zero-order valence-corrected chi connectivity index (χ0v) is 19.3. The number of hydrogen-bond donors (Lipinski definition) is 2. The molecule has 2 N–H and O–H groups in total. The van der Waals surface area contributed by atoms with Gasteiger partial charge in [0, 0.05) is 30.7 Å². The summed E-state index contributed by atoms with van der Waals surface area (Å²) in [7, 11) is 0. The maximum Gasteiger partial charge on any atom is 0.328 e. The number of carbonyl (C=O) groups is 1. The van der Waals surface area contributed by atoms with Gasteiger partial charge in [-0.05, 0) is 48.6 Å². The van der Waals surface area contributed by atoms with Gasteiger partial charge in [0.1, 0.15) is 16.5 Å². The molecule has 0 unspecified atom stereocenters. The van der Waals surface area contributed by atoms with E-state index in [4.69, 9.17) is 10.1 Å². The van der Waals surface area contributed by atoms with E-state index in [9.17, 15) is 14.7 Å². The van der Waals surface area contributed by atoms with Crippen LogP contribution in [-0.2, 0) is 4.79 Å². The zero-order chi connectivity index (χ0) is 23.5. The number of rotatable bonds is 6. The molecule has 172 valence electrons. The number of nitrogens with zero attached hydrogens (tertiary/aromatic N) is 4. The lowest BCUT2D eigenvalue weighted by Crippen LogP contribution is -2.40. The van der Waals surface area contributed by atoms with Crippen molar-refractivity contribution in [2.24, 2.45) is 0 Å². The molecule has 0 aromatic carbocycles. The summed E-state index contributed by atoms with van der Waals surface area (Å²) in [6.07, 6.45) is 8.66. The highest BCUT2D eigenvalue weighted by atomic mass is 32.1. The largest absolute Gasteiger partial charge is 0.478 e. The molecule has 8 nitrogen and oxygen atoms in total. The highest BCUT2D eigenvalue weighted by Crippen LogP contribution is 2.23. The predicted octanol–water partition coefficient (Wildman–Crippen LogP) is 3.50. The number of pyridine rings is 1. The fraction of sp³-hybridized carbons (Fsp3) is 0.333. The number of thiazole rings is 1. The topological polar surface area (TPSA) is 108 Å². The summed E-state index contributed by atoms with van der Waals surface area (Å²) in [4.78, 5) is 35.4. The maximum atomic E-state index is 13.2. The molecule has 4 rings (SSSR count). The molecule has 0 amide bonds. The number of aliphatic carboxylic acids is 1. The summed E-state index contributed by atoms with van der Waals surface area (Å²) in [6.45, 7) is 5.19. The van der Waals surface area contributed by atoms with E-state index in [0.29, 0.717) is 36.9 Å². The second kappa shape index (κ2) is 9.68. The minimum atomic E-state index is -1.15. The summed E-state index contributed by atoms with van der Waals surface area (Å²) in [5.41, 5.74) is 2.20. The minimum absolute atomic E-state index is 0.191. The van der Waals surface area contributed by atoms with Gasteiger partial charge in [0.25, 0.3) is 5.56 Å². The van der Waals surface area contributed by atoms with E-state index in [2.05, 4.69) is 24.2 Å². The highest BCUT2D eigenvalue weighted by molar-refractivity contribution is 7.10. The molecule has 0 radical (unpaired) electrons. The molecule has 0 spiro atoms. The Morgan fingerprint density at radius 2 is 2.09 bits per heavy atom. The van der Waals surface area contributed by atoms with Crippen molar-refractivity contribution in [2.75, 3.05) is 18.0 Å². The molecule has 1 aliphatic rings. The molecule has 4 heterocycles. The summed E-state index contributed by atoms with van der Waals surface area (Å²) < 4.78 is 1.41. The van der Waals surface area contributed by atoms with E-state index in [0.717, 1.165) is 28.8 Å². The lowest BCUT2D eigenvalue weighted by molar-refractivity contribution is -0.131.